The van der Waals surface area contributed by atoms with Gasteiger partial charge in [-0.15, -0.1) is 0 Å². The number of benzene rings is 2. The van der Waals surface area contributed by atoms with E-state index in [0.717, 1.165) is 55.5 Å². The van der Waals surface area contributed by atoms with Gasteiger partial charge in [0.2, 0.25) is 10.0 Å². The van der Waals surface area contributed by atoms with Crippen molar-refractivity contribution in [2.24, 2.45) is 5.92 Å². The van der Waals surface area contributed by atoms with Crippen molar-refractivity contribution < 1.29 is 13.2 Å². The van der Waals surface area contributed by atoms with E-state index in [-0.39, 0.29) is 23.9 Å². The van der Waals surface area contributed by atoms with Gasteiger partial charge in [-0.1, -0.05) is 54.4 Å². The zero-order valence-electron chi connectivity index (χ0n) is 18.4. The Kier molecular flexibility index (Phi) is 7.23. The molecule has 0 spiro atoms. The van der Waals surface area contributed by atoms with Crippen LogP contribution in [-0.2, 0) is 14.8 Å². The van der Waals surface area contributed by atoms with Crippen molar-refractivity contribution in [3.05, 3.63) is 65.2 Å². The molecule has 0 bridgehead atoms. The SMILES string of the molecule is CS(=O)(=O)N(CC1CCCCN1C(C=O)C1CCC1c1ccccc1Cl)c1ccccc1. The number of aldehydes is 1. The Balaban J connectivity index is 1.58. The number of hydrogen-bond acceptors (Lipinski definition) is 4. The third-order valence-electron chi connectivity index (χ3n) is 7.09. The molecule has 32 heavy (non-hydrogen) atoms. The molecule has 172 valence electrons. The van der Waals surface area contributed by atoms with Gasteiger partial charge in [0, 0.05) is 17.6 Å². The molecule has 0 radical (unpaired) electrons. The highest BCUT2D eigenvalue weighted by Crippen LogP contribution is 2.48. The summed E-state index contributed by atoms with van der Waals surface area (Å²) in [6, 6.07) is 16.9. The van der Waals surface area contributed by atoms with Crippen molar-refractivity contribution in [3.63, 3.8) is 0 Å². The van der Waals surface area contributed by atoms with Crippen molar-refractivity contribution in [3.8, 4) is 0 Å². The normalized spacial score (nSPS) is 25.0. The number of anilines is 1. The number of carbonyl (C=O) groups excluding carboxylic acids is 1. The summed E-state index contributed by atoms with van der Waals surface area (Å²) >= 11 is 6.47. The molecule has 0 aromatic heterocycles. The first-order chi connectivity index (χ1) is 15.4. The molecular weight excluding hydrogens is 444 g/mol. The van der Waals surface area contributed by atoms with Gasteiger partial charge in [-0.3, -0.25) is 9.21 Å². The average molecular weight is 475 g/mol. The van der Waals surface area contributed by atoms with Crippen LogP contribution in [0.15, 0.2) is 54.6 Å². The van der Waals surface area contributed by atoms with E-state index in [9.17, 15) is 13.2 Å². The minimum Gasteiger partial charge on any atom is -0.302 e. The number of sulfonamides is 1. The fourth-order valence-electron chi connectivity index (χ4n) is 5.35. The molecule has 7 heteroatoms. The van der Waals surface area contributed by atoms with Crippen molar-refractivity contribution >= 4 is 33.6 Å². The van der Waals surface area contributed by atoms with Crippen LogP contribution in [-0.4, -0.2) is 51.0 Å². The zero-order chi connectivity index (χ0) is 22.7. The van der Waals surface area contributed by atoms with Crippen LogP contribution in [0.4, 0.5) is 5.69 Å². The Morgan fingerprint density at radius 1 is 1.06 bits per heavy atom. The van der Waals surface area contributed by atoms with E-state index in [1.165, 1.54) is 10.6 Å². The van der Waals surface area contributed by atoms with Crippen LogP contribution in [0.3, 0.4) is 0 Å². The predicted molar refractivity (Wildman–Crippen MR) is 130 cm³/mol. The van der Waals surface area contributed by atoms with Gasteiger partial charge in [-0.05, 0) is 67.8 Å². The van der Waals surface area contributed by atoms with Gasteiger partial charge in [0.15, 0.2) is 0 Å². The molecule has 1 aliphatic heterocycles. The lowest BCUT2D eigenvalue weighted by Gasteiger charge is -2.49. The minimum atomic E-state index is -3.44. The van der Waals surface area contributed by atoms with E-state index in [1.54, 1.807) is 0 Å². The van der Waals surface area contributed by atoms with Gasteiger partial charge >= 0.3 is 0 Å². The van der Waals surface area contributed by atoms with Crippen molar-refractivity contribution in [2.45, 2.75) is 50.1 Å². The molecule has 4 unspecified atom stereocenters. The maximum Gasteiger partial charge on any atom is 0.232 e. The smallest absolute Gasteiger partial charge is 0.232 e. The van der Waals surface area contributed by atoms with E-state index in [4.69, 9.17) is 11.6 Å². The minimum absolute atomic E-state index is 0.00127. The first kappa shape index (κ1) is 23.3. The van der Waals surface area contributed by atoms with Gasteiger partial charge < -0.3 is 4.79 Å². The molecular formula is C25H31ClN2O3S. The highest BCUT2D eigenvalue weighted by atomic mass is 35.5. The third kappa shape index (κ3) is 4.87. The summed E-state index contributed by atoms with van der Waals surface area (Å²) in [4.78, 5) is 14.7. The monoisotopic (exact) mass is 474 g/mol. The largest absolute Gasteiger partial charge is 0.302 e. The standard InChI is InChI=1S/C25H31ClN2O3S/c1-32(30,31)28(19-9-3-2-4-10-19)17-20-11-7-8-16-27(20)25(18-29)23-15-14-21(23)22-12-5-6-13-24(22)26/h2-6,9-10,12-13,18,20-21,23,25H,7-8,11,14-17H2,1H3. The zero-order valence-corrected chi connectivity index (χ0v) is 20.0. The molecule has 4 atom stereocenters. The summed E-state index contributed by atoms with van der Waals surface area (Å²) in [7, 11) is -3.44. The number of carbonyl (C=O) groups is 1. The molecule has 5 nitrogen and oxygen atoms in total. The van der Waals surface area contributed by atoms with Gasteiger partial charge in [-0.2, -0.15) is 0 Å². The second-order valence-electron chi connectivity index (χ2n) is 9.01. The van der Waals surface area contributed by atoms with Gasteiger partial charge in [0.05, 0.1) is 18.0 Å². The Bertz CT molecular complexity index is 1030. The molecule has 0 amide bonds. The number of nitrogens with zero attached hydrogens (tertiary/aromatic N) is 2. The molecule has 1 saturated carbocycles. The molecule has 1 saturated heterocycles. The lowest BCUT2D eigenvalue weighted by molar-refractivity contribution is -0.118. The van der Waals surface area contributed by atoms with E-state index in [2.05, 4.69) is 11.0 Å². The van der Waals surface area contributed by atoms with E-state index in [1.807, 2.05) is 48.5 Å². The first-order valence-electron chi connectivity index (χ1n) is 11.4. The van der Waals surface area contributed by atoms with Crippen molar-refractivity contribution in [2.75, 3.05) is 23.7 Å². The number of rotatable bonds is 8. The Hall–Kier alpha value is -1.89. The van der Waals surface area contributed by atoms with E-state index < -0.39 is 10.0 Å². The van der Waals surface area contributed by atoms with Crippen LogP contribution in [0.5, 0.6) is 0 Å². The summed E-state index contributed by atoms with van der Waals surface area (Å²) < 4.78 is 26.8. The summed E-state index contributed by atoms with van der Waals surface area (Å²) in [6.45, 7) is 1.17. The maximum absolute atomic E-state index is 12.7. The summed E-state index contributed by atoms with van der Waals surface area (Å²) in [5.41, 5.74) is 1.79. The molecule has 4 rings (SSSR count). The van der Waals surface area contributed by atoms with Crippen LogP contribution < -0.4 is 4.31 Å². The second-order valence-corrected chi connectivity index (χ2v) is 11.3. The third-order valence-corrected chi connectivity index (χ3v) is 8.59. The van der Waals surface area contributed by atoms with Crippen molar-refractivity contribution in [1.29, 1.82) is 0 Å². The number of para-hydroxylation sites is 1. The fraction of sp³-hybridized carbons (Fsp3) is 0.480. The van der Waals surface area contributed by atoms with E-state index in [0.29, 0.717) is 12.2 Å². The van der Waals surface area contributed by atoms with Gasteiger partial charge in [-0.25, -0.2) is 8.42 Å². The Morgan fingerprint density at radius 2 is 1.78 bits per heavy atom. The van der Waals surface area contributed by atoms with Gasteiger partial charge in [0.1, 0.15) is 6.29 Å². The number of likely N-dealkylation sites (tertiary alicyclic amines) is 1. The lowest BCUT2D eigenvalue weighted by Crippen LogP contribution is -2.56. The summed E-state index contributed by atoms with van der Waals surface area (Å²) in [5, 5.41) is 0.759. The Morgan fingerprint density at radius 3 is 2.41 bits per heavy atom. The summed E-state index contributed by atoms with van der Waals surface area (Å²) in [5.74, 6) is 0.470. The molecule has 2 aliphatic rings. The maximum atomic E-state index is 12.7. The van der Waals surface area contributed by atoms with Crippen LogP contribution in [0.25, 0.3) is 0 Å². The second kappa shape index (κ2) is 9.94. The first-order valence-corrected chi connectivity index (χ1v) is 13.6. The van der Waals surface area contributed by atoms with Crippen LogP contribution in [0, 0.1) is 5.92 Å². The molecule has 1 heterocycles. The molecule has 2 aromatic carbocycles. The van der Waals surface area contributed by atoms with Crippen LogP contribution >= 0.6 is 11.6 Å². The van der Waals surface area contributed by atoms with Gasteiger partial charge in [0.25, 0.3) is 0 Å². The topological polar surface area (TPSA) is 57.7 Å². The molecule has 2 fully saturated rings. The highest BCUT2D eigenvalue weighted by Gasteiger charge is 2.43. The molecule has 0 N–H and O–H groups in total. The quantitative estimate of drug-likeness (QED) is 0.519. The summed E-state index contributed by atoms with van der Waals surface area (Å²) in [6.07, 6.45) is 7.29. The average Bonchev–Trinajstić information content (AvgIpc) is 2.76. The Labute approximate surface area is 196 Å². The molecule has 1 aliphatic carbocycles. The fourth-order valence-corrected chi connectivity index (χ4v) is 6.57. The highest BCUT2D eigenvalue weighted by molar-refractivity contribution is 7.92. The molecule has 2 aromatic rings. The predicted octanol–water partition coefficient (Wildman–Crippen LogP) is 4.72. The van der Waals surface area contributed by atoms with Crippen LogP contribution in [0.1, 0.15) is 43.6 Å². The van der Waals surface area contributed by atoms with E-state index >= 15 is 0 Å². The number of hydrogen-bond donors (Lipinski definition) is 0. The van der Waals surface area contributed by atoms with Crippen LogP contribution in [0.2, 0.25) is 5.02 Å². The van der Waals surface area contributed by atoms with Crippen molar-refractivity contribution in [1.82, 2.24) is 4.90 Å². The lowest BCUT2D eigenvalue weighted by atomic mass is 9.66. The number of halogens is 1. The number of piperidine rings is 1.